The van der Waals surface area contributed by atoms with E-state index in [9.17, 15) is 8.42 Å². The van der Waals surface area contributed by atoms with Crippen molar-refractivity contribution in [2.75, 3.05) is 18.6 Å². The second-order valence-corrected chi connectivity index (χ2v) is 6.40. The van der Waals surface area contributed by atoms with Crippen molar-refractivity contribution >= 4 is 21.4 Å². The molecule has 1 heterocycles. The van der Waals surface area contributed by atoms with Crippen molar-refractivity contribution in [2.24, 2.45) is 7.05 Å². The van der Waals surface area contributed by atoms with Gasteiger partial charge in [0.15, 0.2) is 0 Å². The number of aromatic nitrogens is 2. The molecule has 0 saturated heterocycles. The highest BCUT2D eigenvalue weighted by atomic mass is 35.5. The van der Waals surface area contributed by atoms with Crippen LogP contribution < -0.4 is 5.32 Å². The van der Waals surface area contributed by atoms with Crippen molar-refractivity contribution in [2.45, 2.75) is 13.5 Å². The molecule has 0 atom stereocenters. The van der Waals surface area contributed by atoms with Crippen LogP contribution in [0.3, 0.4) is 0 Å². The minimum Gasteiger partial charge on any atom is -0.311 e. The molecule has 0 bridgehead atoms. The van der Waals surface area contributed by atoms with Gasteiger partial charge in [-0.2, -0.15) is 5.10 Å². The van der Waals surface area contributed by atoms with Crippen LogP contribution in [0.15, 0.2) is 0 Å². The Hall–Kier alpha value is -0.590. The van der Waals surface area contributed by atoms with Crippen molar-refractivity contribution in [3.63, 3.8) is 0 Å². The van der Waals surface area contributed by atoms with Crippen molar-refractivity contribution in [1.82, 2.24) is 15.1 Å². The summed E-state index contributed by atoms with van der Waals surface area (Å²) in [5.41, 5.74) is 1.78. The molecular formula is C9H16ClN3O2S. The van der Waals surface area contributed by atoms with Gasteiger partial charge in [0.25, 0.3) is 0 Å². The van der Waals surface area contributed by atoms with E-state index in [1.165, 1.54) is 6.26 Å². The molecule has 0 aliphatic carbocycles. The lowest BCUT2D eigenvalue weighted by molar-refractivity contribution is 0.596. The summed E-state index contributed by atoms with van der Waals surface area (Å²) in [4.78, 5) is 0. The third kappa shape index (κ3) is 3.77. The molecule has 0 amide bonds. The summed E-state index contributed by atoms with van der Waals surface area (Å²) in [6.45, 7) is 2.83. The van der Waals surface area contributed by atoms with Gasteiger partial charge >= 0.3 is 0 Å². The van der Waals surface area contributed by atoms with Gasteiger partial charge in [-0.1, -0.05) is 11.6 Å². The number of sulfone groups is 1. The zero-order valence-corrected chi connectivity index (χ0v) is 11.2. The van der Waals surface area contributed by atoms with E-state index in [0.29, 0.717) is 18.2 Å². The average Bonchev–Trinajstić information content (AvgIpc) is 2.36. The fourth-order valence-corrected chi connectivity index (χ4v) is 2.10. The number of nitrogens with one attached hydrogen (secondary N) is 1. The molecule has 1 N–H and O–H groups in total. The van der Waals surface area contributed by atoms with Gasteiger partial charge in [-0.15, -0.1) is 0 Å². The summed E-state index contributed by atoms with van der Waals surface area (Å²) < 4.78 is 23.4. The Morgan fingerprint density at radius 3 is 2.56 bits per heavy atom. The summed E-state index contributed by atoms with van der Waals surface area (Å²) in [5, 5.41) is 7.79. The Bertz CT molecular complexity index is 467. The largest absolute Gasteiger partial charge is 0.311 e. The smallest absolute Gasteiger partial charge is 0.148 e. The first-order chi connectivity index (χ1) is 7.31. The number of hydrogen-bond acceptors (Lipinski definition) is 4. The monoisotopic (exact) mass is 265 g/mol. The normalized spacial score (nSPS) is 12.0. The summed E-state index contributed by atoms with van der Waals surface area (Å²) in [5.74, 6) is 0.129. The van der Waals surface area contributed by atoms with Gasteiger partial charge in [-0.3, -0.25) is 4.68 Å². The van der Waals surface area contributed by atoms with Gasteiger partial charge in [0, 0.05) is 32.0 Å². The number of rotatable bonds is 5. The maximum absolute atomic E-state index is 10.9. The average molecular weight is 266 g/mol. The summed E-state index contributed by atoms with van der Waals surface area (Å²) in [7, 11) is -1.14. The van der Waals surface area contributed by atoms with Gasteiger partial charge in [0.05, 0.1) is 11.4 Å². The summed E-state index contributed by atoms with van der Waals surface area (Å²) in [6.07, 6.45) is 1.22. The van der Waals surface area contributed by atoms with E-state index >= 15 is 0 Å². The van der Waals surface area contributed by atoms with Crippen LogP contribution >= 0.6 is 11.6 Å². The van der Waals surface area contributed by atoms with Crippen LogP contribution in [0.5, 0.6) is 0 Å². The zero-order chi connectivity index (χ0) is 12.3. The molecule has 0 radical (unpaired) electrons. The number of aryl methyl sites for hydroxylation is 2. The first kappa shape index (κ1) is 13.5. The molecule has 0 aliphatic rings. The Labute approximate surface area is 101 Å². The standard InChI is InChI=1S/C9H16ClN3O2S/c1-7-8(9(10)13(2)12-7)6-11-4-5-16(3,14)15/h11H,4-6H2,1-3H3. The zero-order valence-electron chi connectivity index (χ0n) is 9.62. The number of hydrogen-bond donors (Lipinski definition) is 1. The number of halogens is 1. The molecule has 16 heavy (non-hydrogen) atoms. The second kappa shape index (κ2) is 5.16. The summed E-state index contributed by atoms with van der Waals surface area (Å²) >= 11 is 6.03. The van der Waals surface area contributed by atoms with Crippen LogP contribution in [0.1, 0.15) is 11.3 Å². The van der Waals surface area contributed by atoms with Crippen LogP contribution in [0.25, 0.3) is 0 Å². The van der Waals surface area contributed by atoms with Gasteiger partial charge in [0.2, 0.25) is 0 Å². The van der Waals surface area contributed by atoms with Crippen molar-refractivity contribution in [3.05, 3.63) is 16.4 Å². The molecule has 7 heteroatoms. The Balaban J connectivity index is 2.49. The van der Waals surface area contributed by atoms with E-state index < -0.39 is 9.84 Å². The highest BCUT2D eigenvalue weighted by Crippen LogP contribution is 2.17. The quantitative estimate of drug-likeness (QED) is 0.789. The molecule has 0 fully saturated rings. The fourth-order valence-electron chi connectivity index (χ4n) is 1.35. The SMILES string of the molecule is Cc1nn(C)c(Cl)c1CNCCS(C)(=O)=O. The molecular weight excluding hydrogens is 250 g/mol. The van der Waals surface area contributed by atoms with Gasteiger partial charge in [-0.25, -0.2) is 8.42 Å². The predicted octanol–water partition coefficient (Wildman–Crippen LogP) is 0.516. The van der Waals surface area contributed by atoms with Crippen molar-refractivity contribution < 1.29 is 8.42 Å². The molecule has 1 rings (SSSR count). The lowest BCUT2D eigenvalue weighted by atomic mass is 10.2. The van der Waals surface area contributed by atoms with E-state index in [1.54, 1.807) is 11.7 Å². The molecule has 1 aromatic rings. The van der Waals surface area contributed by atoms with Gasteiger partial charge < -0.3 is 5.32 Å². The lowest BCUT2D eigenvalue weighted by Gasteiger charge is -2.03. The third-order valence-electron chi connectivity index (χ3n) is 2.22. The van der Waals surface area contributed by atoms with Crippen LogP contribution in [0.4, 0.5) is 0 Å². The lowest BCUT2D eigenvalue weighted by Crippen LogP contribution is -2.22. The highest BCUT2D eigenvalue weighted by molar-refractivity contribution is 7.90. The topological polar surface area (TPSA) is 64.0 Å². The van der Waals surface area contributed by atoms with E-state index in [1.807, 2.05) is 6.92 Å². The molecule has 0 unspecified atom stereocenters. The molecule has 92 valence electrons. The van der Waals surface area contributed by atoms with Crippen molar-refractivity contribution in [3.8, 4) is 0 Å². The first-order valence-corrected chi connectivity index (χ1v) is 7.31. The molecule has 5 nitrogen and oxygen atoms in total. The summed E-state index contributed by atoms with van der Waals surface area (Å²) in [6, 6.07) is 0. The first-order valence-electron chi connectivity index (χ1n) is 4.87. The van der Waals surface area contributed by atoms with Gasteiger partial charge in [0.1, 0.15) is 15.0 Å². The maximum atomic E-state index is 10.9. The van der Waals surface area contributed by atoms with E-state index in [0.717, 1.165) is 11.3 Å². The van der Waals surface area contributed by atoms with Crippen LogP contribution in [-0.4, -0.2) is 36.8 Å². The van der Waals surface area contributed by atoms with E-state index in [4.69, 9.17) is 11.6 Å². The Kier molecular flexibility index (Phi) is 4.35. The Morgan fingerprint density at radius 2 is 2.12 bits per heavy atom. The molecule has 0 aromatic carbocycles. The minimum atomic E-state index is -2.91. The van der Waals surface area contributed by atoms with Crippen molar-refractivity contribution in [1.29, 1.82) is 0 Å². The van der Waals surface area contributed by atoms with Crippen LogP contribution in [-0.2, 0) is 23.4 Å². The highest BCUT2D eigenvalue weighted by Gasteiger charge is 2.10. The third-order valence-corrected chi connectivity index (χ3v) is 3.64. The molecule has 0 saturated carbocycles. The molecule has 0 aliphatic heterocycles. The van der Waals surface area contributed by atoms with E-state index in [2.05, 4.69) is 10.4 Å². The van der Waals surface area contributed by atoms with Gasteiger partial charge in [-0.05, 0) is 6.92 Å². The maximum Gasteiger partial charge on any atom is 0.148 e. The van der Waals surface area contributed by atoms with Crippen LogP contribution in [0, 0.1) is 6.92 Å². The Morgan fingerprint density at radius 1 is 1.50 bits per heavy atom. The second-order valence-electron chi connectivity index (χ2n) is 3.79. The predicted molar refractivity (Wildman–Crippen MR) is 64.4 cm³/mol. The minimum absolute atomic E-state index is 0.129. The fraction of sp³-hybridized carbons (Fsp3) is 0.667. The number of nitrogens with zero attached hydrogens (tertiary/aromatic N) is 2. The molecule has 0 spiro atoms. The van der Waals surface area contributed by atoms with Crippen LogP contribution in [0.2, 0.25) is 5.15 Å². The van der Waals surface area contributed by atoms with E-state index in [-0.39, 0.29) is 5.75 Å². The molecule has 1 aromatic heterocycles.